The molecule has 0 saturated carbocycles. The maximum atomic E-state index is 10.1. The zero-order valence-electron chi connectivity index (χ0n) is 7.97. The van der Waals surface area contributed by atoms with Crippen molar-refractivity contribution >= 4 is 0 Å². The van der Waals surface area contributed by atoms with Gasteiger partial charge >= 0.3 is 0 Å². The van der Waals surface area contributed by atoms with Gasteiger partial charge in [-0.15, -0.1) is 0 Å². The van der Waals surface area contributed by atoms with Crippen molar-refractivity contribution in [1.82, 2.24) is 0 Å². The predicted molar refractivity (Wildman–Crippen MR) is 48.8 cm³/mol. The first-order chi connectivity index (χ1) is 5.73. The Kier molecular flexibility index (Phi) is 3.15. The molecular weight excluding hydrogens is 152 g/mol. The van der Waals surface area contributed by atoms with Crippen LogP contribution in [-0.2, 0) is 4.74 Å². The van der Waals surface area contributed by atoms with Crippen molar-refractivity contribution < 1.29 is 9.84 Å². The summed E-state index contributed by atoms with van der Waals surface area (Å²) in [4.78, 5) is 0. The summed E-state index contributed by atoms with van der Waals surface area (Å²) < 4.78 is 5.21. The molecule has 0 amide bonds. The SMILES string of the molecule is CCC(O)(CC)C1=COCCC1. The molecule has 12 heavy (non-hydrogen) atoms. The van der Waals surface area contributed by atoms with E-state index < -0.39 is 5.60 Å². The Morgan fingerprint density at radius 1 is 1.50 bits per heavy atom. The highest BCUT2D eigenvalue weighted by atomic mass is 16.5. The number of rotatable bonds is 3. The molecule has 1 heterocycles. The van der Waals surface area contributed by atoms with Crippen LogP contribution in [0.3, 0.4) is 0 Å². The maximum absolute atomic E-state index is 10.1. The smallest absolute Gasteiger partial charge is 0.0883 e. The molecule has 0 radical (unpaired) electrons. The van der Waals surface area contributed by atoms with Gasteiger partial charge in [0.2, 0.25) is 0 Å². The van der Waals surface area contributed by atoms with E-state index in [-0.39, 0.29) is 0 Å². The van der Waals surface area contributed by atoms with Crippen molar-refractivity contribution in [2.45, 2.75) is 45.1 Å². The number of hydrogen-bond donors (Lipinski definition) is 1. The Morgan fingerprint density at radius 3 is 2.58 bits per heavy atom. The van der Waals surface area contributed by atoms with Gasteiger partial charge in [-0.25, -0.2) is 0 Å². The minimum atomic E-state index is -0.611. The molecule has 0 aromatic heterocycles. The summed E-state index contributed by atoms with van der Waals surface area (Å²) in [5.41, 5.74) is 0.458. The first-order valence-corrected chi connectivity index (χ1v) is 4.76. The monoisotopic (exact) mass is 170 g/mol. The molecule has 0 aliphatic carbocycles. The zero-order chi connectivity index (χ0) is 9.03. The minimum absolute atomic E-state index is 0.611. The van der Waals surface area contributed by atoms with E-state index in [2.05, 4.69) is 0 Å². The molecule has 0 atom stereocenters. The van der Waals surface area contributed by atoms with Gasteiger partial charge in [0.15, 0.2) is 0 Å². The molecule has 2 nitrogen and oxygen atoms in total. The summed E-state index contributed by atoms with van der Waals surface area (Å²) in [5, 5.41) is 10.1. The van der Waals surface area contributed by atoms with Crippen LogP contribution in [0.25, 0.3) is 0 Å². The second-order valence-electron chi connectivity index (χ2n) is 3.36. The van der Waals surface area contributed by atoms with E-state index in [1.165, 1.54) is 0 Å². The van der Waals surface area contributed by atoms with E-state index in [0.717, 1.165) is 37.9 Å². The molecular formula is C10H18O2. The molecule has 0 saturated heterocycles. The molecule has 1 N–H and O–H groups in total. The summed E-state index contributed by atoms with van der Waals surface area (Å²) >= 11 is 0. The Labute approximate surface area is 74.2 Å². The molecule has 0 aromatic carbocycles. The third kappa shape index (κ3) is 1.81. The Bertz CT molecular complexity index is 169. The maximum Gasteiger partial charge on any atom is 0.0883 e. The van der Waals surface area contributed by atoms with Gasteiger partial charge < -0.3 is 9.84 Å². The number of ether oxygens (including phenoxy) is 1. The highest BCUT2D eigenvalue weighted by Crippen LogP contribution is 2.30. The lowest BCUT2D eigenvalue weighted by Crippen LogP contribution is -2.30. The molecule has 0 bridgehead atoms. The first-order valence-electron chi connectivity index (χ1n) is 4.76. The van der Waals surface area contributed by atoms with Crippen LogP contribution in [0.1, 0.15) is 39.5 Å². The van der Waals surface area contributed by atoms with Crippen LogP contribution in [-0.4, -0.2) is 17.3 Å². The summed E-state index contributed by atoms with van der Waals surface area (Å²) in [6.45, 7) is 4.82. The summed E-state index contributed by atoms with van der Waals surface area (Å²) in [6, 6.07) is 0. The molecule has 1 rings (SSSR count). The second kappa shape index (κ2) is 3.94. The van der Waals surface area contributed by atoms with Crippen molar-refractivity contribution in [3.05, 3.63) is 11.8 Å². The third-order valence-corrected chi connectivity index (χ3v) is 2.70. The van der Waals surface area contributed by atoms with Gasteiger partial charge in [-0.1, -0.05) is 13.8 Å². The molecule has 1 aliphatic heterocycles. The quantitative estimate of drug-likeness (QED) is 0.703. The van der Waals surface area contributed by atoms with Gasteiger partial charge in [0.1, 0.15) is 0 Å². The lowest BCUT2D eigenvalue weighted by atomic mass is 9.86. The topological polar surface area (TPSA) is 29.5 Å². The van der Waals surface area contributed by atoms with Crippen LogP contribution >= 0.6 is 0 Å². The highest BCUT2D eigenvalue weighted by molar-refractivity contribution is 5.15. The Morgan fingerprint density at radius 2 is 2.17 bits per heavy atom. The third-order valence-electron chi connectivity index (χ3n) is 2.70. The normalized spacial score (nSPS) is 18.4. The zero-order valence-corrected chi connectivity index (χ0v) is 7.97. The average Bonchev–Trinajstić information content (AvgIpc) is 2.18. The van der Waals surface area contributed by atoms with Gasteiger partial charge in [-0.05, 0) is 31.3 Å². The van der Waals surface area contributed by atoms with E-state index in [9.17, 15) is 5.11 Å². The van der Waals surface area contributed by atoms with Crippen LogP contribution in [0.5, 0.6) is 0 Å². The van der Waals surface area contributed by atoms with E-state index >= 15 is 0 Å². The van der Waals surface area contributed by atoms with Gasteiger partial charge in [0.25, 0.3) is 0 Å². The number of hydrogen-bond acceptors (Lipinski definition) is 2. The van der Waals surface area contributed by atoms with Crippen molar-refractivity contribution in [2.24, 2.45) is 0 Å². The molecule has 0 aromatic rings. The van der Waals surface area contributed by atoms with Crippen LogP contribution in [0, 0.1) is 0 Å². The van der Waals surface area contributed by atoms with Crippen LogP contribution in [0.15, 0.2) is 11.8 Å². The van der Waals surface area contributed by atoms with Crippen molar-refractivity contribution in [1.29, 1.82) is 0 Å². The lowest BCUT2D eigenvalue weighted by molar-refractivity contribution is 0.0548. The van der Waals surface area contributed by atoms with E-state index in [4.69, 9.17) is 4.74 Å². The average molecular weight is 170 g/mol. The highest BCUT2D eigenvalue weighted by Gasteiger charge is 2.28. The van der Waals surface area contributed by atoms with Crippen molar-refractivity contribution in [3.63, 3.8) is 0 Å². The van der Waals surface area contributed by atoms with Crippen LogP contribution < -0.4 is 0 Å². The van der Waals surface area contributed by atoms with Gasteiger partial charge in [0, 0.05) is 0 Å². The van der Waals surface area contributed by atoms with Gasteiger partial charge in [-0.3, -0.25) is 0 Å². The second-order valence-corrected chi connectivity index (χ2v) is 3.36. The Balaban J connectivity index is 2.70. The molecule has 2 heteroatoms. The van der Waals surface area contributed by atoms with Crippen molar-refractivity contribution in [3.8, 4) is 0 Å². The predicted octanol–water partition coefficient (Wildman–Crippen LogP) is 2.23. The van der Waals surface area contributed by atoms with Crippen LogP contribution in [0.2, 0.25) is 0 Å². The van der Waals surface area contributed by atoms with Crippen LogP contribution in [0.4, 0.5) is 0 Å². The van der Waals surface area contributed by atoms with E-state index in [0.29, 0.717) is 0 Å². The fourth-order valence-corrected chi connectivity index (χ4v) is 1.61. The standard InChI is InChI=1S/C10H18O2/c1-3-10(11,4-2)9-6-5-7-12-8-9/h8,11H,3-7H2,1-2H3. The summed E-state index contributed by atoms with van der Waals surface area (Å²) in [5.74, 6) is 0. The van der Waals surface area contributed by atoms with E-state index in [1.54, 1.807) is 6.26 Å². The minimum Gasteiger partial charge on any atom is -0.501 e. The lowest BCUT2D eigenvalue weighted by Gasteiger charge is -2.30. The molecule has 0 unspecified atom stereocenters. The van der Waals surface area contributed by atoms with Crippen molar-refractivity contribution in [2.75, 3.05) is 6.61 Å². The largest absolute Gasteiger partial charge is 0.501 e. The molecule has 0 fully saturated rings. The first kappa shape index (κ1) is 9.59. The molecule has 0 spiro atoms. The fourth-order valence-electron chi connectivity index (χ4n) is 1.61. The van der Waals surface area contributed by atoms with Gasteiger partial charge in [0.05, 0.1) is 18.5 Å². The molecule has 70 valence electrons. The summed E-state index contributed by atoms with van der Waals surface area (Å²) in [7, 11) is 0. The van der Waals surface area contributed by atoms with Gasteiger partial charge in [-0.2, -0.15) is 0 Å². The Hall–Kier alpha value is -0.500. The summed E-state index contributed by atoms with van der Waals surface area (Å²) in [6.07, 6.45) is 5.32. The molecule has 1 aliphatic rings. The number of aliphatic hydroxyl groups is 1. The van der Waals surface area contributed by atoms with E-state index in [1.807, 2.05) is 13.8 Å². The fraction of sp³-hybridized carbons (Fsp3) is 0.800.